The summed E-state index contributed by atoms with van der Waals surface area (Å²) in [5, 5.41) is 11.6. The van der Waals surface area contributed by atoms with Gasteiger partial charge in [0.25, 0.3) is 5.91 Å². The van der Waals surface area contributed by atoms with Crippen LogP contribution in [0.25, 0.3) is 11.3 Å². The first-order valence-corrected chi connectivity index (χ1v) is 14.4. The van der Waals surface area contributed by atoms with Crippen LogP contribution >= 0.6 is 46.1 Å². The van der Waals surface area contributed by atoms with Crippen molar-refractivity contribution in [1.82, 2.24) is 10.4 Å². The minimum absolute atomic E-state index is 0.242. The molecule has 5 aromatic rings. The van der Waals surface area contributed by atoms with Gasteiger partial charge in [-0.2, -0.15) is 5.10 Å². The molecular formula is C31H23Cl3N4O2S. The maximum atomic E-state index is 12.6. The SMILES string of the molecule is Cc1ccc(Nc2nc(-c3ccc(C(=O)N/N=C\c4ccc(OCc5ccc(Cl)cc5Cl)c(Cl)c4)cc3)cs2)cc1. The highest BCUT2D eigenvalue weighted by Crippen LogP contribution is 2.29. The lowest BCUT2D eigenvalue weighted by Crippen LogP contribution is -2.17. The number of rotatable bonds is 9. The number of halogens is 3. The number of nitrogens with one attached hydrogen (secondary N) is 2. The molecule has 206 valence electrons. The number of hydrogen-bond donors (Lipinski definition) is 2. The van der Waals surface area contributed by atoms with Crippen LogP contribution in [0.3, 0.4) is 0 Å². The van der Waals surface area contributed by atoms with Crippen LogP contribution in [0.5, 0.6) is 5.75 Å². The zero-order valence-electron chi connectivity index (χ0n) is 21.7. The normalized spacial score (nSPS) is 11.0. The molecule has 0 radical (unpaired) electrons. The van der Waals surface area contributed by atoms with E-state index in [1.807, 2.05) is 41.8 Å². The third kappa shape index (κ3) is 7.65. The van der Waals surface area contributed by atoms with E-state index in [2.05, 4.69) is 27.8 Å². The van der Waals surface area contributed by atoms with Crippen molar-refractivity contribution >= 4 is 69.1 Å². The summed E-state index contributed by atoms with van der Waals surface area (Å²) in [5.74, 6) is 0.163. The number of amides is 1. The van der Waals surface area contributed by atoms with Crippen LogP contribution in [0.1, 0.15) is 27.0 Å². The predicted octanol–water partition coefficient (Wildman–Crippen LogP) is 9.17. The van der Waals surface area contributed by atoms with Crippen molar-refractivity contribution in [1.29, 1.82) is 0 Å². The van der Waals surface area contributed by atoms with E-state index in [-0.39, 0.29) is 12.5 Å². The number of hydrazone groups is 1. The molecule has 0 atom stereocenters. The van der Waals surface area contributed by atoms with Crippen LogP contribution in [-0.2, 0) is 6.61 Å². The van der Waals surface area contributed by atoms with E-state index in [0.29, 0.717) is 31.9 Å². The highest BCUT2D eigenvalue weighted by molar-refractivity contribution is 7.14. The van der Waals surface area contributed by atoms with Crippen molar-refractivity contribution in [2.45, 2.75) is 13.5 Å². The Labute approximate surface area is 256 Å². The molecule has 2 N–H and O–H groups in total. The van der Waals surface area contributed by atoms with Crippen LogP contribution in [0.15, 0.2) is 95.4 Å². The Kier molecular flexibility index (Phi) is 9.21. The van der Waals surface area contributed by atoms with Crippen molar-refractivity contribution in [2.75, 3.05) is 5.32 Å². The minimum Gasteiger partial charge on any atom is -0.487 e. The summed E-state index contributed by atoms with van der Waals surface area (Å²) in [4.78, 5) is 17.2. The Bertz CT molecular complexity index is 1700. The van der Waals surface area contributed by atoms with Crippen LogP contribution in [0.4, 0.5) is 10.8 Å². The molecule has 0 unspecified atom stereocenters. The third-order valence-electron chi connectivity index (χ3n) is 5.98. The molecule has 0 spiro atoms. The number of carbonyl (C=O) groups excluding carboxylic acids is 1. The quantitative estimate of drug-likeness (QED) is 0.127. The molecule has 1 heterocycles. The molecule has 1 aromatic heterocycles. The van der Waals surface area contributed by atoms with E-state index in [4.69, 9.17) is 39.5 Å². The molecule has 0 fully saturated rings. The fourth-order valence-corrected chi connectivity index (χ4v) is 5.20. The largest absolute Gasteiger partial charge is 0.487 e. The van der Waals surface area contributed by atoms with Gasteiger partial charge in [0.2, 0.25) is 0 Å². The van der Waals surface area contributed by atoms with Gasteiger partial charge in [-0.3, -0.25) is 4.79 Å². The van der Waals surface area contributed by atoms with Gasteiger partial charge in [-0.15, -0.1) is 11.3 Å². The molecule has 4 aromatic carbocycles. The number of aromatic nitrogens is 1. The van der Waals surface area contributed by atoms with Gasteiger partial charge in [0.1, 0.15) is 12.4 Å². The number of carbonyl (C=O) groups is 1. The fraction of sp³-hybridized carbons (Fsp3) is 0.0645. The smallest absolute Gasteiger partial charge is 0.271 e. The molecule has 1 amide bonds. The van der Waals surface area contributed by atoms with E-state index in [0.717, 1.165) is 27.6 Å². The third-order valence-corrected chi connectivity index (χ3v) is 7.62. The van der Waals surface area contributed by atoms with Gasteiger partial charge >= 0.3 is 0 Å². The van der Waals surface area contributed by atoms with E-state index in [9.17, 15) is 4.79 Å². The lowest BCUT2D eigenvalue weighted by atomic mass is 10.1. The summed E-state index contributed by atoms with van der Waals surface area (Å²) in [6, 6.07) is 25.8. The highest BCUT2D eigenvalue weighted by atomic mass is 35.5. The number of thiazole rings is 1. The van der Waals surface area contributed by atoms with E-state index in [1.54, 1.807) is 48.5 Å². The molecule has 5 rings (SSSR count). The Balaban J connectivity index is 1.14. The van der Waals surface area contributed by atoms with E-state index < -0.39 is 0 Å². The van der Waals surface area contributed by atoms with Gasteiger partial charge in [0, 0.05) is 37.8 Å². The summed E-state index contributed by atoms with van der Waals surface area (Å²) in [6.07, 6.45) is 1.51. The summed E-state index contributed by atoms with van der Waals surface area (Å²) in [7, 11) is 0. The summed E-state index contributed by atoms with van der Waals surface area (Å²) in [5.41, 5.74) is 8.42. The van der Waals surface area contributed by atoms with Crippen LogP contribution in [0, 0.1) is 6.92 Å². The maximum absolute atomic E-state index is 12.6. The van der Waals surface area contributed by atoms with Crippen molar-refractivity contribution in [2.24, 2.45) is 5.10 Å². The van der Waals surface area contributed by atoms with Gasteiger partial charge < -0.3 is 10.1 Å². The Morgan fingerprint density at radius 3 is 2.46 bits per heavy atom. The first-order chi connectivity index (χ1) is 19.8. The van der Waals surface area contributed by atoms with Crippen LogP contribution in [0.2, 0.25) is 15.1 Å². The first kappa shape index (κ1) is 28.6. The number of ether oxygens (including phenoxy) is 1. The molecule has 41 heavy (non-hydrogen) atoms. The fourth-order valence-electron chi connectivity index (χ4n) is 3.76. The predicted molar refractivity (Wildman–Crippen MR) is 169 cm³/mol. The monoisotopic (exact) mass is 620 g/mol. The maximum Gasteiger partial charge on any atom is 0.271 e. The first-order valence-electron chi connectivity index (χ1n) is 12.4. The molecule has 0 aliphatic heterocycles. The minimum atomic E-state index is -0.335. The Morgan fingerprint density at radius 2 is 1.73 bits per heavy atom. The average molecular weight is 622 g/mol. The second-order valence-corrected chi connectivity index (χ2v) is 11.1. The highest BCUT2D eigenvalue weighted by Gasteiger charge is 2.09. The van der Waals surface area contributed by atoms with Crippen molar-refractivity contribution in [3.63, 3.8) is 0 Å². The molecule has 0 aliphatic rings. The van der Waals surface area contributed by atoms with Gasteiger partial charge in [-0.1, -0.05) is 70.7 Å². The zero-order valence-corrected chi connectivity index (χ0v) is 24.8. The van der Waals surface area contributed by atoms with Gasteiger partial charge in [-0.05, 0) is 67.1 Å². The molecule has 0 saturated carbocycles. The van der Waals surface area contributed by atoms with Crippen molar-refractivity contribution < 1.29 is 9.53 Å². The second kappa shape index (κ2) is 13.2. The number of hydrogen-bond acceptors (Lipinski definition) is 6. The van der Waals surface area contributed by atoms with E-state index in [1.165, 1.54) is 23.1 Å². The van der Waals surface area contributed by atoms with Crippen LogP contribution < -0.4 is 15.5 Å². The number of benzene rings is 4. The number of anilines is 2. The Morgan fingerprint density at radius 1 is 0.951 bits per heavy atom. The molecular weight excluding hydrogens is 599 g/mol. The van der Waals surface area contributed by atoms with Crippen LogP contribution in [-0.4, -0.2) is 17.1 Å². The topological polar surface area (TPSA) is 75.6 Å². The van der Waals surface area contributed by atoms with E-state index >= 15 is 0 Å². The average Bonchev–Trinajstić information content (AvgIpc) is 3.43. The Hall–Kier alpha value is -3.88. The molecule has 10 heteroatoms. The number of aryl methyl sites for hydroxylation is 1. The molecule has 0 bridgehead atoms. The van der Waals surface area contributed by atoms with Crippen molar-refractivity contribution in [3.8, 4) is 17.0 Å². The van der Waals surface area contributed by atoms with Gasteiger partial charge in [0.15, 0.2) is 5.13 Å². The zero-order chi connectivity index (χ0) is 28.8. The molecule has 6 nitrogen and oxygen atoms in total. The second-order valence-electron chi connectivity index (χ2n) is 9.02. The standard InChI is InChI=1S/C31H23Cl3N4O2S/c1-19-2-11-25(12-3-19)36-31-37-28(18-41-31)21-5-7-22(8-6-21)30(39)38-35-16-20-4-13-29(27(34)14-20)40-17-23-9-10-24(32)15-26(23)33/h2-16,18H,17H2,1H3,(H,36,37)(H,38,39)/b35-16-. The summed E-state index contributed by atoms with van der Waals surface area (Å²) < 4.78 is 5.79. The summed E-state index contributed by atoms with van der Waals surface area (Å²) >= 11 is 20.0. The molecule has 0 saturated heterocycles. The van der Waals surface area contributed by atoms with Gasteiger partial charge in [0.05, 0.1) is 16.9 Å². The molecule has 0 aliphatic carbocycles. The van der Waals surface area contributed by atoms with Crippen molar-refractivity contribution in [3.05, 3.63) is 128 Å². The lowest BCUT2D eigenvalue weighted by molar-refractivity contribution is 0.0955. The van der Waals surface area contributed by atoms with Gasteiger partial charge in [-0.25, -0.2) is 10.4 Å². The lowest BCUT2D eigenvalue weighted by Gasteiger charge is -2.10. The summed E-state index contributed by atoms with van der Waals surface area (Å²) in [6.45, 7) is 2.29. The number of nitrogens with zero attached hydrogens (tertiary/aromatic N) is 2.